The van der Waals surface area contributed by atoms with Gasteiger partial charge in [-0.1, -0.05) is 0 Å². The first-order valence-corrected chi connectivity index (χ1v) is 4.58. The molecular formula is C7H17N3O3. The van der Waals surface area contributed by atoms with E-state index >= 15 is 0 Å². The highest BCUT2D eigenvalue weighted by Crippen LogP contribution is 2.14. The zero-order chi connectivity index (χ0) is 9.84. The number of rotatable bonds is 3. The lowest BCUT2D eigenvalue weighted by Gasteiger charge is -2.39. The molecule has 0 aliphatic heterocycles. The average molecular weight is 191 g/mol. The Kier molecular flexibility index (Phi) is 4.04. The Bertz CT molecular complexity index is 156. The van der Waals surface area contributed by atoms with Crippen molar-refractivity contribution < 1.29 is 15.2 Å². The van der Waals surface area contributed by atoms with Crippen LogP contribution >= 0.6 is 0 Å². The Labute approximate surface area is 77.3 Å². The monoisotopic (exact) mass is 191 g/mol. The molecule has 6 nitrogen and oxygen atoms in total. The van der Waals surface area contributed by atoms with E-state index in [0.717, 1.165) is 25.7 Å². The van der Waals surface area contributed by atoms with Gasteiger partial charge in [-0.25, -0.2) is 0 Å². The molecule has 4 atom stereocenters. The molecule has 0 spiro atoms. The van der Waals surface area contributed by atoms with E-state index in [-0.39, 0.29) is 17.1 Å². The van der Waals surface area contributed by atoms with Crippen LogP contribution in [0.1, 0.15) is 25.7 Å². The lowest BCUT2D eigenvalue weighted by atomic mass is 9.90. The van der Waals surface area contributed by atoms with Gasteiger partial charge in [0.2, 0.25) is 0 Å². The number of nitrogens with two attached hydrogens (primary N) is 1. The molecule has 0 aromatic carbocycles. The third kappa shape index (κ3) is 2.60. The molecule has 0 bridgehead atoms. The number of nitrogens with one attached hydrogen (secondary N) is 2. The standard InChI is InChI=1S/C7H17N3O3/c1-9(11)6-4-2-3-5-7(6)10(12)13-8/h6-7,9-10H,2-5,8H2,1H3. The summed E-state index contributed by atoms with van der Waals surface area (Å²) in [6.07, 6.45) is 3.50. The molecule has 1 fully saturated rings. The van der Waals surface area contributed by atoms with E-state index in [0.29, 0.717) is 0 Å². The quantitative estimate of drug-likeness (QED) is 0.430. The number of hydrogen-bond acceptors (Lipinski definition) is 4. The smallest absolute Gasteiger partial charge is 0.171 e. The number of quaternary nitrogens is 2. The summed E-state index contributed by atoms with van der Waals surface area (Å²) in [5, 5.41) is 22.0. The maximum Gasteiger partial charge on any atom is 0.171 e. The molecule has 0 amide bonds. The van der Waals surface area contributed by atoms with Gasteiger partial charge < -0.3 is 15.5 Å². The van der Waals surface area contributed by atoms with Crippen molar-refractivity contribution in [1.82, 2.24) is 0 Å². The van der Waals surface area contributed by atoms with Crippen LogP contribution in [0.15, 0.2) is 0 Å². The lowest BCUT2D eigenvalue weighted by Crippen LogP contribution is -3.21. The van der Waals surface area contributed by atoms with E-state index in [2.05, 4.69) is 4.94 Å². The number of hydroxylamine groups is 4. The van der Waals surface area contributed by atoms with Crippen LogP contribution < -0.4 is 16.2 Å². The van der Waals surface area contributed by atoms with Crippen molar-refractivity contribution in [1.29, 1.82) is 0 Å². The van der Waals surface area contributed by atoms with E-state index in [4.69, 9.17) is 5.90 Å². The summed E-state index contributed by atoms with van der Waals surface area (Å²) >= 11 is 0. The Hall–Kier alpha value is -0.240. The molecule has 1 aliphatic rings. The van der Waals surface area contributed by atoms with Gasteiger partial charge in [-0.15, -0.1) is 4.94 Å². The molecule has 0 radical (unpaired) electrons. The summed E-state index contributed by atoms with van der Waals surface area (Å²) in [5.41, 5.74) is 0. The van der Waals surface area contributed by atoms with Crippen molar-refractivity contribution in [3.63, 3.8) is 0 Å². The zero-order valence-corrected chi connectivity index (χ0v) is 7.79. The Morgan fingerprint density at radius 3 is 2.23 bits per heavy atom. The van der Waals surface area contributed by atoms with Crippen LogP contribution in [0, 0.1) is 10.4 Å². The highest BCUT2D eigenvalue weighted by Gasteiger charge is 2.34. The molecule has 78 valence electrons. The summed E-state index contributed by atoms with van der Waals surface area (Å²) in [4.78, 5) is 4.18. The van der Waals surface area contributed by atoms with Crippen LogP contribution in [0.5, 0.6) is 0 Å². The highest BCUT2D eigenvalue weighted by molar-refractivity contribution is 4.73. The Morgan fingerprint density at radius 2 is 1.77 bits per heavy atom. The minimum absolute atomic E-state index is 0.0649. The summed E-state index contributed by atoms with van der Waals surface area (Å²) in [6, 6.07) is -0.485. The SMILES string of the molecule is C[NH+]([O-])C1CCCCC1[NH+]([O-])ON. The van der Waals surface area contributed by atoms with Crippen LogP contribution in [0.25, 0.3) is 0 Å². The summed E-state index contributed by atoms with van der Waals surface area (Å²) in [7, 11) is 1.52. The van der Waals surface area contributed by atoms with Gasteiger partial charge in [-0.05, 0) is 12.8 Å². The van der Waals surface area contributed by atoms with Gasteiger partial charge in [0.05, 0.1) is 7.05 Å². The van der Waals surface area contributed by atoms with E-state index in [1.165, 1.54) is 7.05 Å². The molecule has 0 aromatic rings. The predicted molar refractivity (Wildman–Crippen MR) is 45.9 cm³/mol. The van der Waals surface area contributed by atoms with Crippen LogP contribution in [0.3, 0.4) is 0 Å². The molecule has 0 saturated heterocycles. The van der Waals surface area contributed by atoms with Crippen molar-refractivity contribution in [3.8, 4) is 0 Å². The van der Waals surface area contributed by atoms with Crippen molar-refractivity contribution in [2.24, 2.45) is 5.90 Å². The first-order valence-electron chi connectivity index (χ1n) is 4.58. The number of likely N-dealkylation sites (N-methyl/N-ethyl adjacent to an activating group) is 1. The van der Waals surface area contributed by atoms with Crippen molar-refractivity contribution in [2.75, 3.05) is 7.05 Å². The largest absolute Gasteiger partial charge is 0.634 e. The van der Waals surface area contributed by atoms with Crippen molar-refractivity contribution >= 4 is 0 Å². The fourth-order valence-electron chi connectivity index (χ4n) is 1.99. The van der Waals surface area contributed by atoms with Crippen LogP contribution in [0.2, 0.25) is 0 Å². The van der Waals surface area contributed by atoms with Gasteiger partial charge in [0.25, 0.3) is 0 Å². The molecule has 1 rings (SSSR count). The topological polar surface area (TPSA) is 90.2 Å². The summed E-state index contributed by atoms with van der Waals surface area (Å²) in [6.45, 7) is 0. The second-order valence-electron chi connectivity index (χ2n) is 3.54. The first kappa shape index (κ1) is 10.8. The van der Waals surface area contributed by atoms with Crippen LogP contribution in [-0.4, -0.2) is 19.1 Å². The van der Waals surface area contributed by atoms with Crippen LogP contribution in [0.4, 0.5) is 0 Å². The molecule has 13 heavy (non-hydrogen) atoms. The summed E-state index contributed by atoms with van der Waals surface area (Å²) in [5.74, 6) is 4.80. The van der Waals surface area contributed by atoms with Gasteiger partial charge in [0.1, 0.15) is 6.04 Å². The van der Waals surface area contributed by atoms with E-state index in [1.807, 2.05) is 0 Å². The van der Waals surface area contributed by atoms with Gasteiger partial charge in [-0.2, -0.15) is 11.1 Å². The fourth-order valence-corrected chi connectivity index (χ4v) is 1.99. The molecule has 0 aromatic heterocycles. The van der Waals surface area contributed by atoms with Gasteiger partial charge in [-0.3, -0.25) is 0 Å². The third-order valence-corrected chi connectivity index (χ3v) is 2.71. The van der Waals surface area contributed by atoms with E-state index in [1.54, 1.807) is 0 Å². The summed E-state index contributed by atoms with van der Waals surface area (Å²) < 4.78 is 0. The molecule has 0 heterocycles. The van der Waals surface area contributed by atoms with Gasteiger partial charge in [0, 0.05) is 12.8 Å². The maximum atomic E-state index is 11.2. The molecule has 6 heteroatoms. The second kappa shape index (κ2) is 4.85. The van der Waals surface area contributed by atoms with Gasteiger partial charge in [0.15, 0.2) is 6.04 Å². The Balaban J connectivity index is 2.56. The van der Waals surface area contributed by atoms with Gasteiger partial charge >= 0.3 is 0 Å². The molecule has 1 saturated carbocycles. The molecule has 1 aliphatic carbocycles. The highest BCUT2D eigenvalue weighted by atomic mass is 16.9. The first-order chi connectivity index (χ1) is 6.16. The molecule has 4 unspecified atom stereocenters. The van der Waals surface area contributed by atoms with Crippen molar-refractivity contribution in [2.45, 2.75) is 37.8 Å². The second-order valence-corrected chi connectivity index (χ2v) is 3.54. The molecular weight excluding hydrogens is 174 g/mol. The fraction of sp³-hybridized carbons (Fsp3) is 1.00. The minimum atomic E-state index is -0.445. The lowest BCUT2D eigenvalue weighted by molar-refractivity contribution is -1.09. The molecule has 4 N–H and O–H groups in total. The Morgan fingerprint density at radius 1 is 1.23 bits per heavy atom. The minimum Gasteiger partial charge on any atom is -0.634 e. The van der Waals surface area contributed by atoms with Crippen LogP contribution in [-0.2, 0) is 4.94 Å². The third-order valence-electron chi connectivity index (χ3n) is 2.71. The van der Waals surface area contributed by atoms with E-state index < -0.39 is 5.23 Å². The van der Waals surface area contributed by atoms with E-state index in [9.17, 15) is 10.4 Å². The predicted octanol–water partition coefficient (Wildman–Crippen LogP) is -2.50. The average Bonchev–Trinajstić information content (AvgIpc) is 2.16. The van der Waals surface area contributed by atoms with Crippen molar-refractivity contribution in [3.05, 3.63) is 10.4 Å². The maximum absolute atomic E-state index is 11.2. The number of hydrogen-bond donors (Lipinski definition) is 3. The normalized spacial score (nSPS) is 34.2. The zero-order valence-electron chi connectivity index (χ0n) is 7.79.